The van der Waals surface area contributed by atoms with Gasteiger partial charge in [0.2, 0.25) is 0 Å². The monoisotopic (exact) mass is 341 g/mol. The smallest absolute Gasteiger partial charge is 0.141 e. The van der Waals surface area contributed by atoms with Crippen LogP contribution in [-0.4, -0.2) is 17.1 Å². The summed E-state index contributed by atoms with van der Waals surface area (Å²) < 4.78 is 5.95. The maximum Gasteiger partial charge on any atom is 0.141 e. The fourth-order valence-corrected chi connectivity index (χ4v) is 3.36. The van der Waals surface area contributed by atoms with E-state index in [1.165, 1.54) is 38.5 Å². The molecule has 112 valence electrons. The fourth-order valence-electron chi connectivity index (χ4n) is 3.07. The highest BCUT2D eigenvalue weighted by molar-refractivity contribution is 9.10. The molecule has 0 aliphatic heterocycles. The van der Waals surface area contributed by atoms with Gasteiger partial charge in [-0.05, 0) is 47.5 Å². The molecule has 1 aromatic rings. The van der Waals surface area contributed by atoms with E-state index < -0.39 is 0 Å². The first-order valence-electron chi connectivity index (χ1n) is 7.46. The summed E-state index contributed by atoms with van der Waals surface area (Å²) in [7, 11) is 1.67. The van der Waals surface area contributed by atoms with Gasteiger partial charge >= 0.3 is 0 Å². The van der Waals surface area contributed by atoms with Gasteiger partial charge < -0.3 is 10.5 Å². The van der Waals surface area contributed by atoms with Crippen molar-refractivity contribution in [3.63, 3.8) is 0 Å². The third kappa shape index (κ3) is 3.70. The summed E-state index contributed by atoms with van der Waals surface area (Å²) in [4.78, 5) is 9.13. The first kappa shape index (κ1) is 15.7. The molecule has 1 aliphatic carbocycles. The van der Waals surface area contributed by atoms with Crippen molar-refractivity contribution in [2.75, 3.05) is 12.8 Å². The highest BCUT2D eigenvalue weighted by Gasteiger charge is 2.25. The number of ether oxygens (including phenoxy) is 1. The first-order valence-corrected chi connectivity index (χ1v) is 8.25. The second-order valence-electron chi connectivity index (χ2n) is 5.67. The van der Waals surface area contributed by atoms with Crippen LogP contribution in [-0.2, 0) is 11.3 Å². The zero-order valence-corrected chi connectivity index (χ0v) is 13.9. The maximum atomic E-state index is 5.98. The minimum atomic E-state index is 0.453. The lowest BCUT2D eigenvalue weighted by atomic mass is 9.80. The molecule has 0 radical (unpaired) electrons. The van der Waals surface area contributed by atoms with Crippen molar-refractivity contribution >= 4 is 21.7 Å². The van der Waals surface area contributed by atoms with Crippen LogP contribution in [0.5, 0.6) is 0 Å². The van der Waals surface area contributed by atoms with Crippen LogP contribution in [0.1, 0.15) is 62.9 Å². The molecule has 0 aromatic carbocycles. The van der Waals surface area contributed by atoms with Gasteiger partial charge in [0.15, 0.2) is 0 Å². The SMILES string of the molecule is CCCC1CCC(c2nc(N)c(Br)c(COC)n2)CC1. The molecule has 2 rings (SSSR count). The van der Waals surface area contributed by atoms with Gasteiger partial charge in [-0.25, -0.2) is 9.97 Å². The lowest BCUT2D eigenvalue weighted by Gasteiger charge is -2.27. The van der Waals surface area contributed by atoms with Crippen LogP contribution in [0.2, 0.25) is 0 Å². The molecule has 0 amide bonds. The molecule has 1 aliphatic rings. The zero-order valence-electron chi connectivity index (χ0n) is 12.4. The van der Waals surface area contributed by atoms with Crippen LogP contribution in [0.3, 0.4) is 0 Å². The van der Waals surface area contributed by atoms with E-state index in [4.69, 9.17) is 10.5 Å². The molecule has 1 fully saturated rings. The average Bonchev–Trinajstić information content (AvgIpc) is 2.45. The number of rotatable bonds is 5. The Labute approximate surface area is 129 Å². The van der Waals surface area contributed by atoms with E-state index in [0.717, 1.165) is 21.9 Å². The van der Waals surface area contributed by atoms with Gasteiger partial charge in [0.05, 0.1) is 16.8 Å². The van der Waals surface area contributed by atoms with E-state index >= 15 is 0 Å². The van der Waals surface area contributed by atoms with E-state index in [9.17, 15) is 0 Å². The highest BCUT2D eigenvalue weighted by atomic mass is 79.9. The summed E-state index contributed by atoms with van der Waals surface area (Å²) in [5, 5.41) is 0. The van der Waals surface area contributed by atoms with Crippen molar-refractivity contribution in [2.45, 2.75) is 58.0 Å². The largest absolute Gasteiger partial charge is 0.383 e. The number of nitrogen functional groups attached to an aromatic ring is 1. The number of hydrogen-bond acceptors (Lipinski definition) is 4. The fraction of sp³-hybridized carbons (Fsp3) is 0.733. The van der Waals surface area contributed by atoms with Crippen LogP contribution >= 0.6 is 15.9 Å². The van der Waals surface area contributed by atoms with Gasteiger partial charge in [0.25, 0.3) is 0 Å². The van der Waals surface area contributed by atoms with E-state index in [0.29, 0.717) is 18.3 Å². The molecule has 0 saturated heterocycles. The molecule has 4 nitrogen and oxygen atoms in total. The minimum Gasteiger partial charge on any atom is -0.383 e. The number of anilines is 1. The predicted octanol–water partition coefficient (Wildman–Crippen LogP) is 4.04. The van der Waals surface area contributed by atoms with E-state index in [1.54, 1.807) is 7.11 Å². The van der Waals surface area contributed by atoms with Crippen molar-refractivity contribution in [3.8, 4) is 0 Å². The molecule has 1 saturated carbocycles. The highest BCUT2D eigenvalue weighted by Crippen LogP contribution is 2.37. The molecule has 1 heterocycles. The van der Waals surface area contributed by atoms with Crippen LogP contribution in [0, 0.1) is 5.92 Å². The Morgan fingerprint density at radius 2 is 1.95 bits per heavy atom. The Morgan fingerprint density at radius 3 is 2.55 bits per heavy atom. The molecular formula is C15H24BrN3O. The number of halogens is 1. The lowest BCUT2D eigenvalue weighted by molar-refractivity contribution is 0.180. The van der Waals surface area contributed by atoms with Crippen LogP contribution in [0.25, 0.3) is 0 Å². The molecule has 20 heavy (non-hydrogen) atoms. The van der Waals surface area contributed by atoms with Gasteiger partial charge in [-0.15, -0.1) is 0 Å². The van der Waals surface area contributed by atoms with Gasteiger partial charge in [0.1, 0.15) is 11.6 Å². The Hall–Kier alpha value is -0.680. The van der Waals surface area contributed by atoms with Crippen molar-refractivity contribution in [3.05, 3.63) is 16.0 Å². The summed E-state index contributed by atoms with van der Waals surface area (Å²) in [5.74, 6) is 2.77. The van der Waals surface area contributed by atoms with Crippen LogP contribution in [0.4, 0.5) is 5.82 Å². The van der Waals surface area contributed by atoms with Crippen molar-refractivity contribution in [2.24, 2.45) is 5.92 Å². The molecule has 0 atom stereocenters. The second kappa shape index (κ2) is 7.36. The van der Waals surface area contributed by atoms with Crippen LogP contribution < -0.4 is 5.73 Å². The Kier molecular flexibility index (Phi) is 5.78. The zero-order chi connectivity index (χ0) is 14.5. The minimum absolute atomic E-state index is 0.453. The van der Waals surface area contributed by atoms with E-state index in [-0.39, 0.29) is 0 Å². The standard InChI is InChI=1S/C15H24BrN3O/c1-3-4-10-5-7-11(8-6-10)15-18-12(9-20-2)13(16)14(17)19-15/h10-11H,3-9H2,1-2H3,(H2,17,18,19). The quantitative estimate of drug-likeness (QED) is 0.877. The molecule has 2 N–H and O–H groups in total. The van der Waals surface area contributed by atoms with Gasteiger partial charge in [-0.3, -0.25) is 0 Å². The first-order chi connectivity index (χ1) is 9.65. The van der Waals surface area contributed by atoms with Gasteiger partial charge in [-0.1, -0.05) is 19.8 Å². The Bertz CT molecular complexity index is 445. The maximum absolute atomic E-state index is 5.98. The molecular weight excluding hydrogens is 318 g/mol. The van der Waals surface area contributed by atoms with Crippen molar-refractivity contribution < 1.29 is 4.74 Å². The van der Waals surface area contributed by atoms with E-state index in [1.807, 2.05) is 0 Å². The predicted molar refractivity (Wildman–Crippen MR) is 84.5 cm³/mol. The average molecular weight is 342 g/mol. The summed E-state index contributed by atoms with van der Waals surface area (Å²) in [6, 6.07) is 0. The summed E-state index contributed by atoms with van der Waals surface area (Å²) in [6.07, 6.45) is 7.57. The Balaban J connectivity index is 2.09. The normalized spacial score (nSPS) is 22.9. The topological polar surface area (TPSA) is 61.0 Å². The second-order valence-corrected chi connectivity index (χ2v) is 6.46. The third-order valence-electron chi connectivity index (χ3n) is 4.15. The number of methoxy groups -OCH3 is 1. The van der Waals surface area contributed by atoms with Crippen molar-refractivity contribution in [1.82, 2.24) is 9.97 Å². The van der Waals surface area contributed by atoms with Gasteiger partial charge in [0, 0.05) is 13.0 Å². The van der Waals surface area contributed by atoms with Crippen molar-refractivity contribution in [1.29, 1.82) is 0 Å². The Morgan fingerprint density at radius 1 is 1.25 bits per heavy atom. The number of aromatic nitrogens is 2. The lowest BCUT2D eigenvalue weighted by Crippen LogP contribution is -2.17. The molecule has 0 bridgehead atoms. The van der Waals surface area contributed by atoms with Crippen LogP contribution in [0.15, 0.2) is 4.47 Å². The third-order valence-corrected chi connectivity index (χ3v) is 5.02. The summed E-state index contributed by atoms with van der Waals surface area (Å²) >= 11 is 3.44. The molecule has 1 aromatic heterocycles. The number of nitrogens with two attached hydrogens (primary N) is 1. The number of nitrogens with zero attached hydrogens (tertiary/aromatic N) is 2. The van der Waals surface area contributed by atoms with E-state index in [2.05, 4.69) is 32.8 Å². The van der Waals surface area contributed by atoms with Gasteiger partial charge in [-0.2, -0.15) is 0 Å². The summed E-state index contributed by atoms with van der Waals surface area (Å²) in [6.45, 7) is 2.73. The molecule has 5 heteroatoms. The summed E-state index contributed by atoms with van der Waals surface area (Å²) in [5.41, 5.74) is 6.83. The molecule has 0 spiro atoms. The molecule has 0 unspecified atom stereocenters. The number of hydrogen-bond donors (Lipinski definition) is 1.